The predicted molar refractivity (Wildman–Crippen MR) is 72.1 cm³/mol. The molecule has 1 aliphatic heterocycles. The van der Waals surface area contributed by atoms with Crippen LogP contribution in [0.5, 0.6) is 0 Å². The lowest BCUT2D eigenvalue weighted by Crippen LogP contribution is -2.59. The minimum absolute atomic E-state index is 0.0690. The Morgan fingerprint density at radius 2 is 2.00 bits per heavy atom. The van der Waals surface area contributed by atoms with Crippen molar-refractivity contribution < 1.29 is 19.4 Å². The highest BCUT2D eigenvalue weighted by Gasteiger charge is 2.41. The minimum atomic E-state index is -0.913. The quantitative estimate of drug-likeness (QED) is 0.861. The second kappa shape index (κ2) is 5.97. The van der Waals surface area contributed by atoms with Gasteiger partial charge in [-0.2, -0.15) is 11.8 Å². The van der Waals surface area contributed by atoms with Crippen molar-refractivity contribution in [2.45, 2.75) is 18.6 Å². The van der Waals surface area contributed by atoms with Crippen molar-refractivity contribution >= 4 is 23.8 Å². The molecule has 0 unspecified atom stereocenters. The summed E-state index contributed by atoms with van der Waals surface area (Å²) in [6, 6.07) is 9.34. The molecule has 0 spiro atoms. The molecule has 2 rings (SSSR count). The maximum Gasteiger partial charge on any atom is 0.407 e. The van der Waals surface area contributed by atoms with Gasteiger partial charge in [-0.3, -0.25) is 4.79 Å². The topological polar surface area (TPSA) is 75.6 Å². The number of rotatable bonds is 5. The van der Waals surface area contributed by atoms with E-state index in [2.05, 4.69) is 5.32 Å². The van der Waals surface area contributed by atoms with Crippen molar-refractivity contribution in [1.82, 2.24) is 5.32 Å². The van der Waals surface area contributed by atoms with Gasteiger partial charge in [0.15, 0.2) is 0 Å². The molecule has 0 aliphatic carbocycles. The van der Waals surface area contributed by atoms with Gasteiger partial charge in [-0.05, 0) is 5.56 Å². The first kappa shape index (κ1) is 13.7. The van der Waals surface area contributed by atoms with Crippen molar-refractivity contribution in [2.75, 3.05) is 11.5 Å². The summed E-state index contributed by atoms with van der Waals surface area (Å²) in [5.74, 6) is 0.308. The van der Waals surface area contributed by atoms with Gasteiger partial charge in [0.2, 0.25) is 0 Å². The summed E-state index contributed by atoms with van der Waals surface area (Å²) in [7, 11) is 0. The van der Waals surface area contributed by atoms with Gasteiger partial charge in [-0.15, -0.1) is 0 Å². The molecule has 1 aromatic carbocycles. The largest absolute Gasteiger partial charge is 0.481 e. The second-order valence-electron chi connectivity index (χ2n) is 4.53. The number of carbonyl (C=O) groups is 2. The number of aliphatic carboxylic acids is 1. The fourth-order valence-corrected chi connectivity index (χ4v) is 2.88. The summed E-state index contributed by atoms with van der Waals surface area (Å²) < 4.78 is 5.09. The van der Waals surface area contributed by atoms with E-state index in [-0.39, 0.29) is 13.0 Å². The van der Waals surface area contributed by atoms with Crippen molar-refractivity contribution in [3.63, 3.8) is 0 Å². The van der Waals surface area contributed by atoms with Crippen LogP contribution in [0.25, 0.3) is 0 Å². The number of hydrogen-bond acceptors (Lipinski definition) is 4. The second-order valence-corrected chi connectivity index (χ2v) is 5.52. The predicted octanol–water partition coefficient (Wildman–Crippen LogP) is 1.87. The van der Waals surface area contributed by atoms with E-state index in [1.807, 2.05) is 30.3 Å². The van der Waals surface area contributed by atoms with Crippen LogP contribution in [0.3, 0.4) is 0 Å². The number of thioether (sulfide) groups is 1. The maximum atomic E-state index is 11.7. The molecule has 0 bridgehead atoms. The molecule has 1 aliphatic rings. The first-order valence-electron chi connectivity index (χ1n) is 5.88. The molecular weight excluding hydrogens is 266 g/mol. The monoisotopic (exact) mass is 281 g/mol. The van der Waals surface area contributed by atoms with Crippen LogP contribution in [-0.4, -0.2) is 34.2 Å². The zero-order valence-corrected chi connectivity index (χ0v) is 11.1. The smallest absolute Gasteiger partial charge is 0.407 e. The normalized spacial score (nSPS) is 16.2. The van der Waals surface area contributed by atoms with Gasteiger partial charge in [0, 0.05) is 11.5 Å². The lowest BCUT2D eigenvalue weighted by molar-refractivity contribution is -0.138. The molecule has 19 heavy (non-hydrogen) atoms. The number of alkyl carbamates (subject to hydrolysis) is 1. The van der Waals surface area contributed by atoms with E-state index in [9.17, 15) is 9.59 Å². The van der Waals surface area contributed by atoms with E-state index in [1.165, 1.54) is 0 Å². The number of carboxylic acids is 1. The van der Waals surface area contributed by atoms with Crippen LogP contribution in [0.15, 0.2) is 30.3 Å². The molecule has 0 radical (unpaired) electrons. The van der Waals surface area contributed by atoms with Crippen molar-refractivity contribution in [1.29, 1.82) is 0 Å². The Morgan fingerprint density at radius 3 is 2.53 bits per heavy atom. The zero-order chi connectivity index (χ0) is 13.7. The molecule has 1 amide bonds. The van der Waals surface area contributed by atoms with Crippen LogP contribution in [0, 0.1) is 0 Å². The van der Waals surface area contributed by atoms with Gasteiger partial charge in [0.1, 0.15) is 6.61 Å². The summed E-state index contributed by atoms with van der Waals surface area (Å²) in [6.45, 7) is 0.183. The third kappa shape index (κ3) is 3.89. The molecule has 2 N–H and O–H groups in total. The molecule has 0 aromatic heterocycles. The van der Waals surface area contributed by atoms with Gasteiger partial charge in [-0.1, -0.05) is 30.3 Å². The molecule has 1 fully saturated rings. The van der Waals surface area contributed by atoms with Crippen LogP contribution in [-0.2, 0) is 16.1 Å². The molecular formula is C13H15NO4S. The van der Waals surface area contributed by atoms with Gasteiger partial charge in [0.05, 0.1) is 12.0 Å². The number of carboxylic acid groups (broad SMARTS) is 1. The lowest BCUT2D eigenvalue weighted by atomic mass is 9.99. The Bertz CT molecular complexity index is 459. The Hall–Kier alpha value is -1.69. The maximum absolute atomic E-state index is 11.7. The fraction of sp³-hybridized carbons (Fsp3) is 0.385. The van der Waals surface area contributed by atoms with Crippen LogP contribution in [0.1, 0.15) is 12.0 Å². The summed E-state index contributed by atoms with van der Waals surface area (Å²) in [5.41, 5.74) is 0.248. The Kier molecular flexibility index (Phi) is 4.31. The van der Waals surface area contributed by atoms with Crippen molar-refractivity contribution in [3.8, 4) is 0 Å². The van der Waals surface area contributed by atoms with Crippen LogP contribution >= 0.6 is 11.8 Å². The number of hydrogen-bond donors (Lipinski definition) is 2. The summed E-state index contributed by atoms with van der Waals surface area (Å²) in [6.07, 6.45) is -0.633. The van der Waals surface area contributed by atoms with E-state index in [1.54, 1.807) is 11.8 Å². The first-order chi connectivity index (χ1) is 9.10. The SMILES string of the molecule is O=C(O)CC1(NC(=O)OCc2ccccc2)CSC1. The van der Waals surface area contributed by atoms with Gasteiger partial charge < -0.3 is 15.2 Å². The molecule has 1 saturated heterocycles. The summed E-state index contributed by atoms with van der Waals surface area (Å²) in [5, 5.41) is 11.5. The third-order valence-electron chi connectivity index (χ3n) is 2.83. The van der Waals surface area contributed by atoms with E-state index >= 15 is 0 Å². The van der Waals surface area contributed by atoms with Crippen molar-refractivity contribution in [3.05, 3.63) is 35.9 Å². The number of nitrogens with one attached hydrogen (secondary N) is 1. The van der Waals surface area contributed by atoms with Crippen LogP contribution < -0.4 is 5.32 Å². The Balaban J connectivity index is 1.82. The third-order valence-corrected chi connectivity index (χ3v) is 4.34. The van der Waals surface area contributed by atoms with E-state index < -0.39 is 17.6 Å². The highest BCUT2D eigenvalue weighted by molar-refractivity contribution is 8.00. The molecule has 0 saturated carbocycles. The molecule has 102 valence electrons. The summed E-state index contributed by atoms with van der Waals surface area (Å²) in [4.78, 5) is 22.4. The van der Waals surface area contributed by atoms with Gasteiger partial charge >= 0.3 is 12.1 Å². The van der Waals surface area contributed by atoms with Crippen LogP contribution in [0.2, 0.25) is 0 Å². The minimum Gasteiger partial charge on any atom is -0.481 e. The van der Waals surface area contributed by atoms with Crippen molar-refractivity contribution in [2.24, 2.45) is 0 Å². The molecule has 5 nitrogen and oxygen atoms in total. The number of ether oxygens (including phenoxy) is 1. The molecule has 1 aromatic rings. The average Bonchev–Trinajstić information content (AvgIpc) is 2.34. The molecule has 1 heterocycles. The number of amides is 1. The average molecular weight is 281 g/mol. The van der Waals surface area contributed by atoms with Gasteiger partial charge in [0.25, 0.3) is 0 Å². The number of benzene rings is 1. The van der Waals surface area contributed by atoms with E-state index in [0.29, 0.717) is 11.5 Å². The fourth-order valence-electron chi connectivity index (χ4n) is 1.83. The van der Waals surface area contributed by atoms with Gasteiger partial charge in [-0.25, -0.2) is 4.79 Å². The zero-order valence-electron chi connectivity index (χ0n) is 10.3. The van der Waals surface area contributed by atoms with Crippen LogP contribution in [0.4, 0.5) is 4.79 Å². The van der Waals surface area contributed by atoms with E-state index in [0.717, 1.165) is 5.56 Å². The first-order valence-corrected chi connectivity index (χ1v) is 7.04. The Morgan fingerprint density at radius 1 is 1.32 bits per heavy atom. The molecule has 0 atom stereocenters. The summed E-state index contributed by atoms with van der Waals surface area (Å²) >= 11 is 1.61. The molecule has 6 heteroatoms. The highest BCUT2D eigenvalue weighted by Crippen LogP contribution is 2.32. The number of carbonyl (C=O) groups excluding carboxylic acids is 1. The highest BCUT2D eigenvalue weighted by atomic mass is 32.2. The standard InChI is InChI=1S/C13H15NO4S/c15-11(16)6-13(8-19-9-13)14-12(17)18-7-10-4-2-1-3-5-10/h1-5H,6-9H2,(H,14,17)(H,15,16). The van der Waals surface area contributed by atoms with E-state index in [4.69, 9.17) is 9.84 Å². The Labute approximate surface area is 115 Å². The lowest BCUT2D eigenvalue weighted by Gasteiger charge is -2.40.